The highest BCUT2D eigenvalue weighted by molar-refractivity contribution is 5.12. The minimum absolute atomic E-state index is 0.00426. The Morgan fingerprint density at radius 1 is 1.36 bits per heavy atom. The summed E-state index contributed by atoms with van der Waals surface area (Å²) in [5.41, 5.74) is 7.55. The Bertz CT molecular complexity index is 235. The zero-order valence-corrected chi connectivity index (χ0v) is 7.13. The summed E-state index contributed by atoms with van der Waals surface area (Å²) in [7, 11) is 0. The minimum Gasteiger partial charge on any atom is -0.323 e. The lowest BCUT2D eigenvalue weighted by Crippen LogP contribution is -2.09. The number of hydrogen-bond donors (Lipinski definition) is 1. The Labute approximate surface area is 66.7 Å². The van der Waals surface area contributed by atoms with Crippen LogP contribution in [-0.4, -0.2) is 9.97 Å². The molecule has 0 saturated heterocycles. The van der Waals surface area contributed by atoms with Gasteiger partial charge in [-0.15, -0.1) is 0 Å². The predicted molar refractivity (Wildman–Crippen MR) is 44.1 cm³/mol. The van der Waals surface area contributed by atoms with Crippen LogP contribution in [-0.2, 0) is 0 Å². The first-order chi connectivity index (χ1) is 5.09. The van der Waals surface area contributed by atoms with E-state index in [-0.39, 0.29) is 6.04 Å². The summed E-state index contributed by atoms with van der Waals surface area (Å²) in [6.45, 7) is 5.74. The molecule has 1 rings (SSSR count). The number of rotatable bonds is 1. The standard InChI is InChI=1S/C8H13N3/c1-5-4-8(6(2)9)11-7(3)10-5/h4,6H,9H2,1-3H3. The van der Waals surface area contributed by atoms with Crippen LogP contribution in [0.1, 0.15) is 30.2 Å². The number of nitrogens with zero attached hydrogens (tertiary/aromatic N) is 2. The van der Waals surface area contributed by atoms with Crippen molar-refractivity contribution >= 4 is 0 Å². The average Bonchev–Trinajstić information content (AvgIpc) is 1.85. The molecule has 0 fully saturated rings. The molecular formula is C8H13N3. The molecule has 1 unspecified atom stereocenters. The molecule has 0 aromatic carbocycles. The van der Waals surface area contributed by atoms with Gasteiger partial charge in [0.15, 0.2) is 0 Å². The van der Waals surface area contributed by atoms with Crippen molar-refractivity contribution in [1.82, 2.24) is 9.97 Å². The van der Waals surface area contributed by atoms with Crippen LogP contribution in [0.15, 0.2) is 6.07 Å². The van der Waals surface area contributed by atoms with Crippen LogP contribution >= 0.6 is 0 Å². The molecule has 0 radical (unpaired) electrons. The fraction of sp³-hybridized carbons (Fsp3) is 0.500. The summed E-state index contributed by atoms with van der Waals surface area (Å²) in [6.07, 6.45) is 0. The predicted octanol–water partition coefficient (Wildman–Crippen LogP) is 1.11. The molecule has 0 aliphatic carbocycles. The number of aryl methyl sites for hydroxylation is 2. The molecule has 1 aromatic heterocycles. The van der Waals surface area contributed by atoms with Crippen molar-refractivity contribution in [3.8, 4) is 0 Å². The molecular weight excluding hydrogens is 138 g/mol. The van der Waals surface area contributed by atoms with Gasteiger partial charge in [-0.1, -0.05) is 0 Å². The van der Waals surface area contributed by atoms with E-state index in [1.807, 2.05) is 26.8 Å². The summed E-state index contributed by atoms with van der Waals surface area (Å²) in [4.78, 5) is 8.35. The van der Waals surface area contributed by atoms with E-state index in [1.165, 1.54) is 0 Å². The summed E-state index contributed by atoms with van der Waals surface area (Å²) in [5, 5.41) is 0. The number of aromatic nitrogens is 2. The van der Waals surface area contributed by atoms with Gasteiger partial charge in [0.1, 0.15) is 5.82 Å². The van der Waals surface area contributed by atoms with Gasteiger partial charge in [-0.25, -0.2) is 9.97 Å². The van der Waals surface area contributed by atoms with Crippen LogP contribution in [0.2, 0.25) is 0 Å². The molecule has 0 aliphatic heterocycles. The van der Waals surface area contributed by atoms with Crippen LogP contribution in [0.3, 0.4) is 0 Å². The molecule has 0 saturated carbocycles. The molecule has 3 nitrogen and oxygen atoms in total. The molecule has 1 atom stereocenters. The third-order valence-corrected chi connectivity index (χ3v) is 1.45. The fourth-order valence-electron chi connectivity index (χ4n) is 0.979. The van der Waals surface area contributed by atoms with Gasteiger partial charge in [-0.05, 0) is 26.8 Å². The zero-order valence-electron chi connectivity index (χ0n) is 7.13. The molecule has 0 bridgehead atoms. The summed E-state index contributed by atoms with van der Waals surface area (Å²) in [6, 6.07) is 1.91. The first-order valence-electron chi connectivity index (χ1n) is 3.67. The van der Waals surface area contributed by atoms with Gasteiger partial charge >= 0.3 is 0 Å². The highest BCUT2D eigenvalue weighted by atomic mass is 14.9. The quantitative estimate of drug-likeness (QED) is 0.654. The van der Waals surface area contributed by atoms with Crippen molar-refractivity contribution in [1.29, 1.82) is 0 Å². The Balaban J connectivity index is 3.08. The maximum Gasteiger partial charge on any atom is 0.125 e. The lowest BCUT2D eigenvalue weighted by molar-refractivity contribution is 0.760. The van der Waals surface area contributed by atoms with Crippen molar-refractivity contribution in [3.05, 3.63) is 23.3 Å². The SMILES string of the molecule is Cc1cc(C(C)N)nc(C)n1. The summed E-state index contributed by atoms with van der Waals surface area (Å²) >= 11 is 0. The monoisotopic (exact) mass is 151 g/mol. The van der Waals surface area contributed by atoms with Gasteiger partial charge in [0.2, 0.25) is 0 Å². The van der Waals surface area contributed by atoms with Crippen LogP contribution in [0.25, 0.3) is 0 Å². The van der Waals surface area contributed by atoms with E-state index in [4.69, 9.17) is 5.73 Å². The molecule has 0 spiro atoms. The lowest BCUT2D eigenvalue weighted by atomic mass is 10.2. The Kier molecular flexibility index (Phi) is 2.19. The van der Waals surface area contributed by atoms with Gasteiger partial charge < -0.3 is 5.73 Å². The van der Waals surface area contributed by atoms with E-state index in [0.717, 1.165) is 17.2 Å². The zero-order chi connectivity index (χ0) is 8.43. The molecule has 0 aliphatic rings. The molecule has 1 aromatic rings. The van der Waals surface area contributed by atoms with Gasteiger partial charge in [0.25, 0.3) is 0 Å². The molecule has 60 valence electrons. The highest BCUT2D eigenvalue weighted by Gasteiger charge is 2.02. The van der Waals surface area contributed by atoms with E-state index in [0.29, 0.717) is 0 Å². The topological polar surface area (TPSA) is 51.8 Å². The largest absolute Gasteiger partial charge is 0.323 e. The van der Waals surface area contributed by atoms with Gasteiger partial charge in [0.05, 0.1) is 5.69 Å². The van der Waals surface area contributed by atoms with Crippen molar-refractivity contribution in [3.63, 3.8) is 0 Å². The van der Waals surface area contributed by atoms with Crippen LogP contribution in [0.5, 0.6) is 0 Å². The molecule has 11 heavy (non-hydrogen) atoms. The van der Waals surface area contributed by atoms with E-state index in [2.05, 4.69) is 9.97 Å². The third-order valence-electron chi connectivity index (χ3n) is 1.45. The Morgan fingerprint density at radius 2 is 2.00 bits per heavy atom. The van der Waals surface area contributed by atoms with Gasteiger partial charge in [0, 0.05) is 11.7 Å². The summed E-state index contributed by atoms with van der Waals surface area (Å²) < 4.78 is 0. The maximum atomic E-state index is 5.66. The number of hydrogen-bond acceptors (Lipinski definition) is 3. The fourth-order valence-corrected chi connectivity index (χ4v) is 0.979. The second kappa shape index (κ2) is 2.96. The lowest BCUT2D eigenvalue weighted by Gasteiger charge is -2.05. The van der Waals surface area contributed by atoms with Crippen molar-refractivity contribution in [2.75, 3.05) is 0 Å². The van der Waals surface area contributed by atoms with Gasteiger partial charge in [-0.3, -0.25) is 0 Å². The minimum atomic E-state index is -0.00426. The molecule has 3 heteroatoms. The first kappa shape index (κ1) is 8.14. The average molecular weight is 151 g/mol. The molecule has 0 amide bonds. The number of nitrogens with two attached hydrogens (primary N) is 1. The Morgan fingerprint density at radius 3 is 2.45 bits per heavy atom. The van der Waals surface area contributed by atoms with Crippen LogP contribution in [0, 0.1) is 13.8 Å². The normalized spacial score (nSPS) is 13.1. The summed E-state index contributed by atoms with van der Waals surface area (Å²) in [5.74, 6) is 0.789. The second-order valence-electron chi connectivity index (χ2n) is 2.77. The Hall–Kier alpha value is -0.960. The van der Waals surface area contributed by atoms with Crippen molar-refractivity contribution in [2.24, 2.45) is 5.73 Å². The van der Waals surface area contributed by atoms with Gasteiger partial charge in [-0.2, -0.15) is 0 Å². The second-order valence-corrected chi connectivity index (χ2v) is 2.77. The van der Waals surface area contributed by atoms with E-state index in [1.54, 1.807) is 0 Å². The van der Waals surface area contributed by atoms with E-state index < -0.39 is 0 Å². The first-order valence-corrected chi connectivity index (χ1v) is 3.67. The smallest absolute Gasteiger partial charge is 0.125 e. The third kappa shape index (κ3) is 1.98. The van der Waals surface area contributed by atoms with E-state index in [9.17, 15) is 0 Å². The molecule has 2 N–H and O–H groups in total. The van der Waals surface area contributed by atoms with E-state index >= 15 is 0 Å². The molecule has 1 heterocycles. The van der Waals surface area contributed by atoms with Crippen LogP contribution in [0.4, 0.5) is 0 Å². The van der Waals surface area contributed by atoms with Crippen molar-refractivity contribution in [2.45, 2.75) is 26.8 Å². The maximum absolute atomic E-state index is 5.66. The highest BCUT2D eigenvalue weighted by Crippen LogP contribution is 2.06. The van der Waals surface area contributed by atoms with Crippen molar-refractivity contribution < 1.29 is 0 Å². The van der Waals surface area contributed by atoms with Crippen LogP contribution < -0.4 is 5.73 Å².